The van der Waals surface area contributed by atoms with Crippen molar-refractivity contribution in [1.29, 1.82) is 0 Å². The molecule has 0 saturated carbocycles. The van der Waals surface area contributed by atoms with E-state index in [-0.39, 0.29) is 0 Å². The van der Waals surface area contributed by atoms with Crippen LogP contribution >= 0.6 is 0 Å². The largest absolute Gasteiger partial charge is 0.463 e. The highest BCUT2D eigenvalue weighted by Crippen LogP contribution is 2.18. The molecule has 0 aliphatic carbocycles. The van der Waals surface area contributed by atoms with Crippen LogP contribution in [0.3, 0.4) is 0 Å². The molecule has 0 spiro atoms. The summed E-state index contributed by atoms with van der Waals surface area (Å²) in [7, 11) is 0. The van der Waals surface area contributed by atoms with Crippen molar-refractivity contribution in [2.75, 3.05) is 31.1 Å². The predicted molar refractivity (Wildman–Crippen MR) is 83.1 cm³/mol. The number of hydrogen-bond acceptors (Lipinski definition) is 5. The van der Waals surface area contributed by atoms with Crippen LogP contribution in [0.25, 0.3) is 0 Å². The van der Waals surface area contributed by atoms with Gasteiger partial charge in [0, 0.05) is 32.4 Å². The van der Waals surface area contributed by atoms with Gasteiger partial charge in [-0.3, -0.25) is 4.90 Å². The van der Waals surface area contributed by atoms with Gasteiger partial charge < -0.3 is 15.1 Å². The number of piperazine rings is 1. The van der Waals surface area contributed by atoms with Gasteiger partial charge >= 0.3 is 0 Å². The molecule has 1 aliphatic heterocycles. The summed E-state index contributed by atoms with van der Waals surface area (Å²) in [5.74, 6) is 2.98. The first-order valence-corrected chi connectivity index (χ1v) is 7.43. The Morgan fingerprint density at radius 1 is 1.24 bits per heavy atom. The molecule has 3 heterocycles. The third-order valence-electron chi connectivity index (χ3n) is 3.98. The van der Waals surface area contributed by atoms with Crippen LogP contribution < -0.4 is 10.6 Å². The summed E-state index contributed by atoms with van der Waals surface area (Å²) in [4.78, 5) is 9.16. The average molecular weight is 286 g/mol. The molecule has 0 atom stereocenters. The summed E-state index contributed by atoms with van der Waals surface area (Å²) in [6, 6.07) is 8.16. The van der Waals surface area contributed by atoms with E-state index in [0.29, 0.717) is 6.54 Å². The lowest BCUT2D eigenvalue weighted by molar-refractivity contribution is 0.228. The van der Waals surface area contributed by atoms with Crippen LogP contribution in [-0.4, -0.2) is 36.1 Å². The van der Waals surface area contributed by atoms with E-state index in [4.69, 9.17) is 10.2 Å². The lowest BCUT2D eigenvalue weighted by atomic mass is 10.2. The number of aryl methyl sites for hydroxylation is 1. The van der Waals surface area contributed by atoms with Gasteiger partial charge in [-0.25, -0.2) is 4.98 Å². The molecule has 5 heteroatoms. The second kappa shape index (κ2) is 6.28. The molecule has 2 N–H and O–H groups in total. The minimum atomic E-state index is 0.472. The third kappa shape index (κ3) is 3.25. The SMILES string of the molecule is Cc1cc(CN2CCN(c3ccccn3)CC2)oc1CN. The van der Waals surface area contributed by atoms with E-state index in [1.54, 1.807) is 0 Å². The molecule has 0 amide bonds. The zero-order valence-electron chi connectivity index (χ0n) is 12.5. The van der Waals surface area contributed by atoms with Gasteiger partial charge in [0.15, 0.2) is 0 Å². The maximum absolute atomic E-state index is 5.79. The fourth-order valence-electron chi connectivity index (χ4n) is 2.77. The van der Waals surface area contributed by atoms with Crippen LogP contribution in [0.4, 0.5) is 5.82 Å². The fourth-order valence-corrected chi connectivity index (χ4v) is 2.77. The third-order valence-corrected chi connectivity index (χ3v) is 3.98. The summed E-state index contributed by atoms with van der Waals surface area (Å²) in [6.45, 7) is 7.42. The summed E-state index contributed by atoms with van der Waals surface area (Å²) < 4.78 is 5.79. The maximum atomic E-state index is 5.79. The van der Waals surface area contributed by atoms with Crippen molar-refractivity contribution in [3.63, 3.8) is 0 Å². The number of hydrogen-bond donors (Lipinski definition) is 1. The summed E-state index contributed by atoms with van der Waals surface area (Å²) in [5.41, 5.74) is 6.81. The van der Waals surface area contributed by atoms with E-state index in [1.165, 1.54) is 0 Å². The van der Waals surface area contributed by atoms with E-state index < -0.39 is 0 Å². The number of furan rings is 1. The van der Waals surface area contributed by atoms with Crippen molar-refractivity contribution >= 4 is 5.82 Å². The zero-order chi connectivity index (χ0) is 14.7. The number of anilines is 1. The number of pyridine rings is 1. The number of aromatic nitrogens is 1. The number of rotatable bonds is 4. The van der Waals surface area contributed by atoms with Crippen molar-refractivity contribution in [2.24, 2.45) is 5.73 Å². The molecule has 0 radical (unpaired) electrons. The Bertz CT molecular complexity index is 573. The lowest BCUT2D eigenvalue weighted by Gasteiger charge is -2.34. The highest BCUT2D eigenvalue weighted by Gasteiger charge is 2.19. The molecule has 2 aromatic heterocycles. The molecule has 0 aromatic carbocycles. The molecule has 3 rings (SSSR count). The van der Waals surface area contributed by atoms with Gasteiger partial charge in [-0.1, -0.05) is 6.07 Å². The summed E-state index contributed by atoms with van der Waals surface area (Å²) in [6.07, 6.45) is 1.85. The quantitative estimate of drug-likeness (QED) is 0.928. The molecular weight excluding hydrogens is 264 g/mol. The van der Waals surface area contributed by atoms with Gasteiger partial charge in [0.05, 0.1) is 13.1 Å². The van der Waals surface area contributed by atoms with Gasteiger partial charge in [-0.05, 0) is 30.7 Å². The van der Waals surface area contributed by atoms with Crippen molar-refractivity contribution < 1.29 is 4.42 Å². The minimum Gasteiger partial charge on any atom is -0.463 e. The van der Waals surface area contributed by atoms with E-state index in [2.05, 4.69) is 26.9 Å². The molecule has 0 unspecified atom stereocenters. The second-order valence-corrected chi connectivity index (χ2v) is 5.47. The van der Waals surface area contributed by atoms with Crippen molar-refractivity contribution in [2.45, 2.75) is 20.0 Å². The normalized spacial score (nSPS) is 16.4. The Labute approximate surface area is 125 Å². The van der Waals surface area contributed by atoms with Gasteiger partial charge in [-0.15, -0.1) is 0 Å². The Balaban J connectivity index is 1.56. The smallest absolute Gasteiger partial charge is 0.128 e. The van der Waals surface area contributed by atoms with Gasteiger partial charge in [0.1, 0.15) is 17.3 Å². The molecule has 2 aromatic rings. The zero-order valence-corrected chi connectivity index (χ0v) is 12.5. The Kier molecular flexibility index (Phi) is 4.22. The Morgan fingerprint density at radius 2 is 2.05 bits per heavy atom. The monoisotopic (exact) mass is 286 g/mol. The average Bonchev–Trinajstić information content (AvgIpc) is 2.88. The first-order chi connectivity index (χ1) is 10.3. The highest BCUT2D eigenvalue weighted by molar-refractivity contribution is 5.38. The summed E-state index contributed by atoms with van der Waals surface area (Å²) in [5, 5.41) is 0. The van der Waals surface area contributed by atoms with E-state index in [1.807, 2.05) is 25.3 Å². The first-order valence-electron chi connectivity index (χ1n) is 7.43. The highest BCUT2D eigenvalue weighted by atomic mass is 16.3. The first kappa shape index (κ1) is 14.1. The molecule has 5 nitrogen and oxygen atoms in total. The molecule has 1 fully saturated rings. The van der Waals surface area contributed by atoms with Crippen LogP contribution in [0.1, 0.15) is 17.1 Å². The van der Waals surface area contributed by atoms with Crippen molar-refractivity contribution in [3.05, 3.63) is 47.5 Å². The van der Waals surface area contributed by atoms with E-state index in [0.717, 1.165) is 55.6 Å². The maximum Gasteiger partial charge on any atom is 0.128 e. The predicted octanol–water partition coefficient (Wildman–Crippen LogP) is 1.76. The van der Waals surface area contributed by atoms with Crippen molar-refractivity contribution in [3.8, 4) is 0 Å². The fraction of sp³-hybridized carbons (Fsp3) is 0.438. The van der Waals surface area contributed by atoms with Crippen LogP contribution in [0, 0.1) is 6.92 Å². The molecular formula is C16H22N4O. The van der Waals surface area contributed by atoms with Gasteiger partial charge in [0.25, 0.3) is 0 Å². The molecule has 112 valence electrons. The molecule has 21 heavy (non-hydrogen) atoms. The van der Waals surface area contributed by atoms with Crippen LogP contribution in [0.15, 0.2) is 34.9 Å². The van der Waals surface area contributed by atoms with E-state index in [9.17, 15) is 0 Å². The Morgan fingerprint density at radius 3 is 2.67 bits per heavy atom. The standard InChI is InChI=1S/C16H22N4O/c1-13-10-14(21-15(13)11-17)12-19-6-8-20(9-7-19)16-4-2-3-5-18-16/h2-5,10H,6-9,11-12,17H2,1H3. The molecule has 0 bridgehead atoms. The Hall–Kier alpha value is -1.85. The number of nitrogens with zero attached hydrogens (tertiary/aromatic N) is 3. The van der Waals surface area contributed by atoms with Gasteiger partial charge in [0.2, 0.25) is 0 Å². The van der Waals surface area contributed by atoms with Gasteiger partial charge in [-0.2, -0.15) is 0 Å². The number of nitrogens with two attached hydrogens (primary N) is 1. The second-order valence-electron chi connectivity index (χ2n) is 5.47. The van der Waals surface area contributed by atoms with Crippen LogP contribution in [0.2, 0.25) is 0 Å². The van der Waals surface area contributed by atoms with Crippen LogP contribution in [-0.2, 0) is 13.1 Å². The van der Waals surface area contributed by atoms with Crippen molar-refractivity contribution in [1.82, 2.24) is 9.88 Å². The lowest BCUT2D eigenvalue weighted by Crippen LogP contribution is -2.46. The minimum absolute atomic E-state index is 0.472. The summed E-state index contributed by atoms with van der Waals surface area (Å²) >= 11 is 0. The molecule has 1 aliphatic rings. The van der Waals surface area contributed by atoms with Crippen LogP contribution in [0.5, 0.6) is 0 Å². The van der Waals surface area contributed by atoms with E-state index >= 15 is 0 Å². The topological polar surface area (TPSA) is 58.5 Å². The molecule has 1 saturated heterocycles.